The summed E-state index contributed by atoms with van der Waals surface area (Å²) in [5.74, 6) is -0.404. The van der Waals surface area contributed by atoms with E-state index in [1.54, 1.807) is 0 Å². The van der Waals surface area contributed by atoms with Gasteiger partial charge in [0.1, 0.15) is 17.2 Å². The molecule has 44 heavy (non-hydrogen) atoms. The van der Waals surface area contributed by atoms with Crippen molar-refractivity contribution in [2.75, 3.05) is 0 Å². The number of rotatable bonds is 2. The van der Waals surface area contributed by atoms with Gasteiger partial charge >= 0.3 is 18.5 Å². The second kappa shape index (κ2) is 9.73. The summed E-state index contributed by atoms with van der Waals surface area (Å²) in [6.45, 7) is 9.23. The zero-order chi connectivity index (χ0) is 32.8. The van der Waals surface area contributed by atoms with Crippen LogP contribution in [0.25, 0.3) is 33.4 Å². The van der Waals surface area contributed by atoms with Gasteiger partial charge in [-0.05, 0) is 30.3 Å². The lowest BCUT2D eigenvalue weighted by molar-refractivity contribution is -0.148. The van der Waals surface area contributed by atoms with Gasteiger partial charge in [-0.3, -0.25) is 9.13 Å². The number of para-hydroxylation sites is 4. The Morgan fingerprint density at radius 1 is 0.500 bits per heavy atom. The molecule has 2 aromatic heterocycles. The molecule has 0 bridgehead atoms. The maximum absolute atomic E-state index is 15.5. The van der Waals surface area contributed by atoms with Crippen molar-refractivity contribution < 1.29 is 39.5 Å². The van der Waals surface area contributed by atoms with Crippen LogP contribution in [0.3, 0.4) is 0 Å². The van der Waals surface area contributed by atoms with Crippen LogP contribution < -0.4 is 0 Å². The van der Waals surface area contributed by atoms with E-state index in [0.29, 0.717) is 9.13 Å². The van der Waals surface area contributed by atoms with Crippen molar-refractivity contribution in [2.45, 2.75) is 70.9 Å². The first-order valence-electron chi connectivity index (χ1n) is 13.4. The second-order valence-corrected chi connectivity index (χ2v) is 12.6. The summed E-state index contributed by atoms with van der Waals surface area (Å²) in [5, 5.41) is 0. The molecule has 0 saturated carbocycles. The van der Waals surface area contributed by atoms with Crippen LogP contribution in [-0.2, 0) is 29.4 Å². The number of aromatic nitrogens is 4. The highest BCUT2D eigenvalue weighted by Gasteiger charge is 2.51. The molecule has 0 saturated heterocycles. The Hall–Kier alpha value is -4.03. The Bertz CT molecular complexity index is 1760. The van der Waals surface area contributed by atoms with Gasteiger partial charge in [0.15, 0.2) is 0 Å². The lowest BCUT2D eigenvalue weighted by Gasteiger charge is -2.30. The molecule has 0 aliphatic heterocycles. The van der Waals surface area contributed by atoms with E-state index in [1.807, 2.05) is 0 Å². The molecular formula is C31H27F9N4. The van der Waals surface area contributed by atoms with Gasteiger partial charge in [0.25, 0.3) is 0 Å². The first-order chi connectivity index (χ1) is 20.0. The predicted octanol–water partition coefficient (Wildman–Crippen LogP) is 10.0. The van der Waals surface area contributed by atoms with Gasteiger partial charge in [-0.2, -0.15) is 39.5 Å². The SMILES string of the molecule is CC(C)(C)c1nc2ccccc2n1-c1c(C(F)(F)F)cc(C(F)(F)F)c(-n2c(C(C)(C)C)nc3ccccc32)c1C(F)(F)F. The normalized spacial score (nSPS) is 13.8. The quantitative estimate of drug-likeness (QED) is 0.183. The lowest BCUT2D eigenvalue weighted by Crippen LogP contribution is -2.29. The summed E-state index contributed by atoms with van der Waals surface area (Å²) in [5.41, 5.74) is -11.7. The highest BCUT2D eigenvalue weighted by molar-refractivity contribution is 5.83. The van der Waals surface area contributed by atoms with E-state index in [-0.39, 0.29) is 39.8 Å². The molecule has 0 N–H and O–H groups in total. The third-order valence-corrected chi connectivity index (χ3v) is 7.08. The van der Waals surface area contributed by atoms with Gasteiger partial charge in [0, 0.05) is 10.8 Å². The molecule has 4 nitrogen and oxygen atoms in total. The van der Waals surface area contributed by atoms with Crippen molar-refractivity contribution in [3.63, 3.8) is 0 Å². The highest BCUT2D eigenvalue weighted by Crippen LogP contribution is 2.51. The van der Waals surface area contributed by atoms with Crippen molar-refractivity contribution in [2.24, 2.45) is 0 Å². The van der Waals surface area contributed by atoms with Gasteiger partial charge in [0.2, 0.25) is 0 Å². The number of imidazole rings is 2. The maximum Gasteiger partial charge on any atom is 0.420 e. The Kier molecular flexibility index (Phi) is 6.95. The van der Waals surface area contributed by atoms with Gasteiger partial charge < -0.3 is 0 Å². The minimum atomic E-state index is -5.72. The summed E-state index contributed by atoms with van der Waals surface area (Å²) in [4.78, 5) is 8.73. The molecular weight excluding hydrogens is 599 g/mol. The number of hydrogen-bond acceptors (Lipinski definition) is 2. The van der Waals surface area contributed by atoms with Gasteiger partial charge in [0.05, 0.1) is 44.6 Å². The molecule has 0 amide bonds. The van der Waals surface area contributed by atoms with Crippen molar-refractivity contribution in [1.29, 1.82) is 0 Å². The smallest absolute Gasteiger partial charge is 0.295 e. The molecule has 3 aromatic carbocycles. The Morgan fingerprint density at radius 2 is 0.841 bits per heavy atom. The zero-order valence-corrected chi connectivity index (χ0v) is 24.4. The topological polar surface area (TPSA) is 35.6 Å². The van der Waals surface area contributed by atoms with Crippen LogP contribution in [-0.4, -0.2) is 19.1 Å². The van der Waals surface area contributed by atoms with Crippen molar-refractivity contribution in [3.8, 4) is 11.4 Å². The van der Waals surface area contributed by atoms with Crippen molar-refractivity contribution in [3.05, 3.63) is 82.9 Å². The van der Waals surface area contributed by atoms with E-state index >= 15 is 13.2 Å². The fourth-order valence-electron chi connectivity index (χ4n) is 5.34. The van der Waals surface area contributed by atoms with E-state index in [2.05, 4.69) is 9.97 Å². The summed E-state index contributed by atoms with van der Waals surface area (Å²) < 4.78 is 137. The van der Waals surface area contributed by atoms with Crippen LogP contribution in [0.15, 0.2) is 54.6 Å². The summed E-state index contributed by atoms with van der Waals surface area (Å²) in [7, 11) is 0. The van der Waals surface area contributed by atoms with Crippen LogP contribution in [0.2, 0.25) is 0 Å². The van der Waals surface area contributed by atoms with Crippen LogP contribution in [0.5, 0.6) is 0 Å². The van der Waals surface area contributed by atoms with Crippen molar-refractivity contribution in [1.82, 2.24) is 19.1 Å². The third kappa shape index (κ3) is 5.19. The van der Waals surface area contributed by atoms with Crippen molar-refractivity contribution >= 4 is 22.1 Å². The molecule has 5 aromatic rings. The van der Waals surface area contributed by atoms with Crippen LogP contribution in [0.1, 0.15) is 69.9 Å². The molecule has 0 unspecified atom stereocenters. The number of nitrogens with zero attached hydrogens (tertiary/aromatic N) is 4. The lowest BCUT2D eigenvalue weighted by atomic mass is 9.92. The second-order valence-electron chi connectivity index (χ2n) is 12.6. The van der Waals surface area contributed by atoms with E-state index in [9.17, 15) is 26.3 Å². The largest absolute Gasteiger partial charge is 0.420 e. The molecule has 0 radical (unpaired) electrons. The predicted molar refractivity (Wildman–Crippen MR) is 148 cm³/mol. The molecule has 2 heterocycles. The first-order valence-corrected chi connectivity index (χ1v) is 13.4. The molecule has 0 atom stereocenters. The molecule has 0 fully saturated rings. The first kappa shape index (κ1) is 31.4. The van der Waals surface area contributed by atoms with E-state index in [0.717, 1.165) is 0 Å². The summed E-state index contributed by atoms with van der Waals surface area (Å²) in [6, 6.07) is 11.0. The van der Waals surface area contributed by atoms with Gasteiger partial charge in [-0.25, -0.2) is 9.97 Å². The van der Waals surface area contributed by atoms with E-state index in [1.165, 1.54) is 90.1 Å². The Labute approximate surface area is 246 Å². The average Bonchev–Trinajstić information content (AvgIpc) is 3.45. The molecule has 5 rings (SSSR count). The minimum Gasteiger partial charge on any atom is -0.295 e. The zero-order valence-electron chi connectivity index (χ0n) is 24.4. The molecule has 234 valence electrons. The fraction of sp³-hybridized carbons (Fsp3) is 0.355. The number of fused-ring (bicyclic) bond motifs is 2. The van der Waals surface area contributed by atoms with E-state index in [4.69, 9.17) is 0 Å². The van der Waals surface area contributed by atoms with Gasteiger partial charge in [-0.15, -0.1) is 0 Å². The number of halogens is 9. The molecule has 0 aliphatic rings. The summed E-state index contributed by atoms with van der Waals surface area (Å²) in [6.07, 6.45) is -17.0. The number of alkyl halides is 9. The standard InChI is InChI=1S/C31H27F9N4/c1-27(2,3)25-41-18-11-7-9-13-20(18)43(25)23-16(29(32,33)34)15-17(30(35,36)37)24(22(23)31(38,39)40)44-21-14-10-8-12-19(21)42-26(44)28(4,5)6/h7-15H,1-6H3. The molecule has 0 aliphatic carbocycles. The Balaban J connectivity index is 2.18. The minimum absolute atomic E-state index is 0.0728. The van der Waals surface area contributed by atoms with E-state index < -0.39 is 57.4 Å². The fourth-order valence-corrected chi connectivity index (χ4v) is 5.34. The third-order valence-electron chi connectivity index (χ3n) is 7.08. The maximum atomic E-state index is 15.5. The Morgan fingerprint density at radius 3 is 1.14 bits per heavy atom. The average molecular weight is 627 g/mol. The van der Waals surface area contributed by atoms with Gasteiger partial charge in [-0.1, -0.05) is 65.8 Å². The molecule has 13 heteroatoms. The summed E-state index contributed by atoms with van der Waals surface area (Å²) >= 11 is 0. The van der Waals surface area contributed by atoms with Crippen LogP contribution in [0, 0.1) is 0 Å². The monoisotopic (exact) mass is 626 g/mol. The number of hydrogen-bond donors (Lipinski definition) is 0. The highest BCUT2D eigenvalue weighted by atomic mass is 19.4. The number of benzene rings is 3. The van der Waals surface area contributed by atoms with Crippen LogP contribution in [0.4, 0.5) is 39.5 Å². The van der Waals surface area contributed by atoms with Crippen LogP contribution >= 0.6 is 0 Å². The molecule has 0 spiro atoms.